The maximum atomic E-state index is 14.2. The molecule has 1 aliphatic rings. The van der Waals surface area contributed by atoms with Gasteiger partial charge in [0.1, 0.15) is 0 Å². The summed E-state index contributed by atoms with van der Waals surface area (Å²) in [5, 5.41) is 6.62. The number of thiazole rings is 1. The summed E-state index contributed by atoms with van der Waals surface area (Å²) in [5.41, 5.74) is -1.54. The summed E-state index contributed by atoms with van der Waals surface area (Å²) in [7, 11) is 0. The molecule has 0 saturated heterocycles. The van der Waals surface area contributed by atoms with E-state index in [9.17, 15) is 18.0 Å². The van der Waals surface area contributed by atoms with Crippen molar-refractivity contribution in [3.05, 3.63) is 84.2 Å². The van der Waals surface area contributed by atoms with E-state index in [1.54, 1.807) is 19.2 Å². The standard InChI is InChI=1S/C22H15Cl3F3N3O2S/c1-11-4-12(2-3-17(11)19(32)29-9-16-10-30-20(25)34-16)18-8-21(33-31-18,22(26,27)28)13-5-14(23)7-15(24)6-13/h2-7,10H,8-9H2,1H3,(H,29,32). The minimum Gasteiger partial charge on any atom is -0.374 e. The molecule has 1 N–H and O–H groups in total. The third-order valence-corrected chi connectivity index (χ3v) is 6.82. The van der Waals surface area contributed by atoms with E-state index >= 15 is 0 Å². The largest absolute Gasteiger partial charge is 0.435 e. The molecule has 4 rings (SSSR count). The highest BCUT2D eigenvalue weighted by molar-refractivity contribution is 7.15. The molecule has 0 bridgehead atoms. The summed E-state index contributed by atoms with van der Waals surface area (Å²) in [4.78, 5) is 22.3. The Hall–Kier alpha value is -2.33. The molecule has 178 valence electrons. The molecule has 1 aromatic heterocycles. The summed E-state index contributed by atoms with van der Waals surface area (Å²) < 4.78 is 42.9. The number of alkyl halides is 3. The first-order chi connectivity index (χ1) is 16.0. The number of carbonyl (C=O) groups is 1. The second kappa shape index (κ2) is 9.37. The fourth-order valence-electron chi connectivity index (χ4n) is 3.57. The maximum absolute atomic E-state index is 14.2. The number of nitrogens with one attached hydrogen (secondary N) is 1. The number of rotatable bonds is 5. The quantitative estimate of drug-likeness (QED) is 0.376. The molecule has 3 aromatic rings. The Morgan fingerprint density at radius 1 is 1.18 bits per heavy atom. The van der Waals surface area contributed by atoms with Crippen molar-refractivity contribution in [3.8, 4) is 0 Å². The van der Waals surface area contributed by atoms with Crippen LogP contribution in [0.3, 0.4) is 0 Å². The smallest absolute Gasteiger partial charge is 0.374 e. The van der Waals surface area contributed by atoms with E-state index in [0.717, 1.165) is 17.0 Å². The number of oxime groups is 1. The number of amides is 1. The topological polar surface area (TPSA) is 63.6 Å². The Morgan fingerprint density at radius 3 is 2.47 bits per heavy atom. The van der Waals surface area contributed by atoms with Gasteiger partial charge in [0.25, 0.3) is 11.5 Å². The lowest BCUT2D eigenvalue weighted by Gasteiger charge is -2.29. The number of halogens is 6. The van der Waals surface area contributed by atoms with Crippen LogP contribution in [0.5, 0.6) is 0 Å². The van der Waals surface area contributed by atoms with Gasteiger partial charge in [-0.05, 0) is 48.4 Å². The van der Waals surface area contributed by atoms with Gasteiger partial charge in [0.05, 0.1) is 12.3 Å². The first-order valence-electron chi connectivity index (χ1n) is 9.76. The van der Waals surface area contributed by atoms with E-state index < -0.39 is 18.2 Å². The number of hydrogen-bond donors (Lipinski definition) is 1. The molecule has 0 radical (unpaired) electrons. The third-order valence-electron chi connectivity index (χ3n) is 5.27. The zero-order chi connectivity index (χ0) is 24.7. The number of benzene rings is 2. The summed E-state index contributed by atoms with van der Waals surface area (Å²) >= 11 is 18.9. The molecule has 0 saturated carbocycles. The Bertz CT molecular complexity index is 1280. The lowest BCUT2D eigenvalue weighted by Crippen LogP contribution is -2.42. The lowest BCUT2D eigenvalue weighted by atomic mass is 9.86. The second-order valence-corrected chi connectivity index (χ2v) is 10.2. The molecule has 0 fully saturated rings. The van der Waals surface area contributed by atoms with E-state index in [-0.39, 0.29) is 33.8 Å². The fraction of sp³-hybridized carbons (Fsp3) is 0.227. The molecular formula is C22H15Cl3F3N3O2S. The number of nitrogens with zero attached hydrogens (tertiary/aromatic N) is 2. The van der Waals surface area contributed by atoms with Crippen molar-refractivity contribution in [3.63, 3.8) is 0 Å². The van der Waals surface area contributed by atoms with Crippen LogP contribution in [0.4, 0.5) is 13.2 Å². The van der Waals surface area contributed by atoms with Gasteiger partial charge in [0.15, 0.2) is 4.47 Å². The van der Waals surface area contributed by atoms with Crippen LogP contribution in [-0.4, -0.2) is 22.8 Å². The number of aryl methyl sites for hydroxylation is 1. The van der Waals surface area contributed by atoms with Gasteiger partial charge in [-0.15, -0.1) is 11.3 Å². The van der Waals surface area contributed by atoms with Crippen LogP contribution in [0, 0.1) is 6.92 Å². The highest BCUT2D eigenvalue weighted by Crippen LogP contribution is 2.49. The zero-order valence-corrected chi connectivity index (χ0v) is 20.4. The molecule has 5 nitrogen and oxygen atoms in total. The van der Waals surface area contributed by atoms with E-state index in [1.807, 2.05) is 0 Å². The molecule has 34 heavy (non-hydrogen) atoms. The second-order valence-electron chi connectivity index (χ2n) is 7.58. The molecular weight excluding hydrogens is 534 g/mol. The first-order valence-corrected chi connectivity index (χ1v) is 11.7. The van der Waals surface area contributed by atoms with Crippen molar-refractivity contribution < 1.29 is 22.8 Å². The van der Waals surface area contributed by atoms with Crippen molar-refractivity contribution in [2.45, 2.75) is 31.7 Å². The van der Waals surface area contributed by atoms with Crippen LogP contribution in [0.15, 0.2) is 47.8 Å². The molecule has 2 aromatic carbocycles. The number of aromatic nitrogens is 1. The molecule has 1 aliphatic heterocycles. The van der Waals surface area contributed by atoms with E-state index in [1.165, 1.54) is 29.5 Å². The van der Waals surface area contributed by atoms with Crippen molar-refractivity contribution in [1.82, 2.24) is 10.3 Å². The Labute approximate surface area is 211 Å². The van der Waals surface area contributed by atoms with Crippen molar-refractivity contribution in [1.29, 1.82) is 0 Å². The van der Waals surface area contributed by atoms with Crippen LogP contribution >= 0.6 is 46.1 Å². The van der Waals surface area contributed by atoms with Crippen molar-refractivity contribution in [2.75, 3.05) is 0 Å². The van der Waals surface area contributed by atoms with Gasteiger partial charge in [-0.25, -0.2) is 4.98 Å². The van der Waals surface area contributed by atoms with Gasteiger partial charge < -0.3 is 10.2 Å². The van der Waals surface area contributed by atoms with Crippen LogP contribution in [0.2, 0.25) is 14.5 Å². The molecule has 2 heterocycles. The summed E-state index contributed by atoms with van der Waals surface area (Å²) in [5.74, 6) is -0.337. The van der Waals surface area contributed by atoms with Gasteiger partial charge in [-0.3, -0.25) is 4.79 Å². The lowest BCUT2D eigenvalue weighted by molar-refractivity contribution is -0.275. The third kappa shape index (κ3) is 4.88. The molecule has 12 heteroatoms. The minimum absolute atomic E-state index is 0.0509. The molecule has 1 unspecified atom stereocenters. The maximum Gasteiger partial charge on any atom is 0.435 e. The van der Waals surface area contributed by atoms with Crippen LogP contribution in [-0.2, 0) is 17.0 Å². The summed E-state index contributed by atoms with van der Waals surface area (Å²) in [6.45, 7) is 1.94. The Morgan fingerprint density at radius 2 is 1.88 bits per heavy atom. The average Bonchev–Trinajstić information content (AvgIpc) is 3.38. The van der Waals surface area contributed by atoms with E-state index in [2.05, 4.69) is 15.5 Å². The highest BCUT2D eigenvalue weighted by atomic mass is 35.5. The predicted molar refractivity (Wildman–Crippen MR) is 126 cm³/mol. The molecule has 1 amide bonds. The average molecular weight is 549 g/mol. The highest BCUT2D eigenvalue weighted by Gasteiger charge is 2.62. The molecule has 0 aliphatic carbocycles. The SMILES string of the molecule is Cc1cc(C2=NOC(c3cc(Cl)cc(Cl)c3)(C(F)(F)F)C2)ccc1C(=O)NCc1cnc(Cl)s1. The Kier molecular flexibility index (Phi) is 6.83. The van der Waals surface area contributed by atoms with Gasteiger partial charge in [0.2, 0.25) is 0 Å². The van der Waals surface area contributed by atoms with Gasteiger partial charge >= 0.3 is 6.18 Å². The molecule has 1 atom stereocenters. The van der Waals surface area contributed by atoms with E-state index in [4.69, 9.17) is 39.6 Å². The van der Waals surface area contributed by atoms with Crippen LogP contribution in [0.1, 0.15) is 38.3 Å². The number of carbonyl (C=O) groups excluding carboxylic acids is 1. The van der Waals surface area contributed by atoms with Gasteiger partial charge in [0, 0.05) is 38.7 Å². The van der Waals surface area contributed by atoms with Crippen LogP contribution < -0.4 is 5.32 Å². The van der Waals surface area contributed by atoms with Crippen molar-refractivity contribution in [2.24, 2.45) is 5.16 Å². The van der Waals surface area contributed by atoms with Gasteiger partial charge in [-0.1, -0.05) is 46.0 Å². The zero-order valence-electron chi connectivity index (χ0n) is 17.3. The van der Waals surface area contributed by atoms with Crippen molar-refractivity contribution >= 4 is 57.8 Å². The van der Waals surface area contributed by atoms with Crippen LogP contribution in [0.25, 0.3) is 0 Å². The summed E-state index contributed by atoms with van der Waals surface area (Å²) in [6, 6.07) is 8.32. The van der Waals surface area contributed by atoms with E-state index in [0.29, 0.717) is 21.2 Å². The summed E-state index contributed by atoms with van der Waals surface area (Å²) in [6.07, 6.45) is -3.80. The predicted octanol–water partition coefficient (Wildman–Crippen LogP) is 6.92. The molecule has 0 spiro atoms. The first kappa shape index (κ1) is 24.8. The fourth-order valence-corrected chi connectivity index (χ4v) is 5.02. The van der Waals surface area contributed by atoms with Gasteiger partial charge in [-0.2, -0.15) is 13.2 Å². The Balaban J connectivity index is 1.55. The number of hydrogen-bond acceptors (Lipinski definition) is 5. The monoisotopic (exact) mass is 547 g/mol. The minimum atomic E-state index is -4.79. The normalized spacial score (nSPS) is 17.9.